The third-order valence-electron chi connectivity index (χ3n) is 5.70. The van der Waals surface area contributed by atoms with Gasteiger partial charge in [-0.15, -0.1) is 0 Å². The van der Waals surface area contributed by atoms with Crippen LogP contribution >= 0.6 is 0 Å². The summed E-state index contributed by atoms with van der Waals surface area (Å²) in [7, 11) is 0. The zero-order valence-corrected chi connectivity index (χ0v) is 13.1. The molecule has 0 unspecified atom stereocenters. The van der Waals surface area contributed by atoms with E-state index in [4.69, 9.17) is 0 Å². The highest BCUT2D eigenvalue weighted by molar-refractivity contribution is 5.82. The van der Waals surface area contributed by atoms with Crippen molar-refractivity contribution in [3.63, 3.8) is 0 Å². The molecule has 2 rings (SSSR count). The Labute approximate surface area is 118 Å². The zero-order chi connectivity index (χ0) is 14.0. The van der Waals surface area contributed by atoms with Crippen LogP contribution in [-0.4, -0.2) is 5.78 Å². The first-order valence-electron chi connectivity index (χ1n) is 8.21. The lowest BCUT2D eigenvalue weighted by molar-refractivity contribution is -0.126. The summed E-state index contributed by atoms with van der Waals surface area (Å²) < 4.78 is 0. The number of Topliss-reactive ketones (excluding diaryl/α,β-unsaturated/α-hetero) is 1. The van der Waals surface area contributed by atoms with Crippen LogP contribution in [0.1, 0.15) is 59.8 Å². The number of carbonyl (C=O) groups is 1. The lowest BCUT2D eigenvalue weighted by Crippen LogP contribution is -2.29. The fourth-order valence-electron chi connectivity index (χ4n) is 3.98. The van der Waals surface area contributed by atoms with Gasteiger partial charge in [0.05, 0.1) is 0 Å². The van der Waals surface area contributed by atoms with Gasteiger partial charge in [-0.2, -0.15) is 0 Å². The first-order valence-corrected chi connectivity index (χ1v) is 8.21. The van der Waals surface area contributed by atoms with Crippen LogP contribution < -0.4 is 0 Å². The SMILES string of the molecule is CC(C)[C@@H](C)/C=C/[C@@H](C)[C@H]1CC[C@H]2C(=O)CCC[C@H]12. The van der Waals surface area contributed by atoms with E-state index in [1.54, 1.807) is 0 Å². The summed E-state index contributed by atoms with van der Waals surface area (Å²) in [5.41, 5.74) is 0. The Bertz CT molecular complexity index is 342. The number of allylic oxidation sites excluding steroid dienone is 2. The molecule has 0 aromatic rings. The molecule has 2 fully saturated rings. The highest BCUT2D eigenvalue weighted by Gasteiger charge is 2.42. The molecule has 1 heteroatoms. The van der Waals surface area contributed by atoms with E-state index < -0.39 is 0 Å². The number of carbonyl (C=O) groups excluding carboxylic acids is 1. The van der Waals surface area contributed by atoms with Crippen molar-refractivity contribution in [3.05, 3.63) is 12.2 Å². The van der Waals surface area contributed by atoms with Crippen LogP contribution in [0.5, 0.6) is 0 Å². The molecule has 2 aliphatic rings. The molecule has 5 atom stereocenters. The predicted octanol–water partition coefficient (Wildman–Crippen LogP) is 4.87. The third-order valence-corrected chi connectivity index (χ3v) is 5.70. The van der Waals surface area contributed by atoms with Crippen LogP contribution in [0.15, 0.2) is 12.2 Å². The van der Waals surface area contributed by atoms with Gasteiger partial charge >= 0.3 is 0 Å². The molecule has 0 saturated heterocycles. The molecule has 0 amide bonds. The lowest BCUT2D eigenvalue weighted by Gasteiger charge is -2.30. The van der Waals surface area contributed by atoms with Crippen molar-refractivity contribution in [2.24, 2.45) is 35.5 Å². The van der Waals surface area contributed by atoms with Gasteiger partial charge < -0.3 is 0 Å². The molecule has 1 nitrogen and oxygen atoms in total. The highest BCUT2D eigenvalue weighted by Crippen LogP contribution is 2.47. The highest BCUT2D eigenvalue weighted by atomic mass is 16.1. The van der Waals surface area contributed by atoms with Gasteiger partial charge in [0.25, 0.3) is 0 Å². The molecule has 0 N–H and O–H groups in total. The molecule has 0 aliphatic heterocycles. The molecule has 2 saturated carbocycles. The Balaban J connectivity index is 1.96. The Morgan fingerprint density at radius 2 is 1.79 bits per heavy atom. The quantitative estimate of drug-likeness (QED) is 0.661. The molecule has 2 aliphatic carbocycles. The number of hydrogen-bond donors (Lipinski definition) is 0. The minimum absolute atomic E-state index is 0.414. The van der Waals surface area contributed by atoms with E-state index in [0.717, 1.165) is 31.1 Å². The van der Waals surface area contributed by atoms with Crippen LogP contribution in [-0.2, 0) is 4.79 Å². The fourth-order valence-corrected chi connectivity index (χ4v) is 3.98. The molecule has 0 aromatic heterocycles. The number of hydrogen-bond acceptors (Lipinski definition) is 1. The lowest BCUT2D eigenvalue weighted by atomic mass is 9.73. The molecular weight excluding hydrogens is 232 g/mol. The molecule has 0 spiro atoms. The molecule has 108 valence electrons. The number of fused-ring (bicyclic) bond motifs is 1. The summed E-state index contributed by atoms with van der Waals surface area (Å²) in [6, 6.07) is 0. The summed E-state index contributed by atoms with van der Waals surface area (Å²) in [6.45, 7) is 9.22. The van der Waals surface area contributed by atoms with Gasteiger partial charge in [-0.25, -0.2) is 0 Å². The fraction of sp³-hybridized carbons (Fsp3) is 0.833. The van der Waals surface area contributed by atoms with E-state index >= 15 is 0 Å². The van der Waals surface area contributed by atoms with Gasteiger partial charge in [0.15, 0.2) is 0 Å². The maximum Gasteiger partial charge on any atom is 0.136 e. The van der Waals surface area contributed by atoms with Gasteiger partial charge in [0.1, 0.15) is 5.78 Å². The minimum atomic E-state index is 0.414. The van der Waals surface area contributed by atoms with Gasteiger partial charge in [-0.3, -0.25) is 4.79 Å². The van der Waals surface area contributed by atoms with Crippen molar-refractivity contribution >= 4 is 5.78 Å². The van der Waals surface area contributed by atoms with Crippen LogP contribution in [0.4, 0.5) is 0 Å². The topological polar surface area (TPSA) is 17.1 Å². The van der Waals surface area contributed by atoms with E-state index in [1.807, 2.05) is 0 Å². The average Bonchev–Trinajstić information content (AvgIpc) is 2.80. The summed E-state index contributed by atoms with van der Waals surface area (Å²) in [6.07, 6.45) is 10.5. The van der Waals surface area contributed by atoms with Gasteiger partial charge in [-0.1, -0.05) is 39.8 Å². The first-order chi connectivity index (χ1) is 9.00. The number of rotatable bonds is 4. The summed E-state index contributed by atoms with van der Waals surface area (Å²) in [5, 5.41) is 0. The molecule has 19 heavy (non-hydrogen) atoms. The van der Waals surface area contributed by atoms with Crippen molar-refractivity contribution in [2.45, 2.75) is 59.8 Å². The average molecular weight is 262 g/mol. The summed E-state index contributed by atoms with van der Waals surface area (Å²) in [5.74, 6) is 4.44. The van der Waals surface area contributed by atoms with E-state index in [0.29, 0.717) is 29.5 Å². The molecule has 0 radical (unpaired) electrons. The Morgan fingerprint density at radius 1 is 1.05 bits per heavy atom. The minimum Gasteiger partial charge on any atom is -0.299 e. The van der Waals surface area contributed by atoms with E-state index in [2.05, 4.69) is 39.8 Å². The second kappa shape index (κ2) is 6.24. The second-order valence-electron chi connectivity index (χ2n) is 7.22. The molecule has 0 aromatic carbocycles. The van der Waals surface area contributed by atoms with Gasteiger partial charge in [0, 0.05) is 12.3 Å². The van der Waals surface area contributed by atoms with E-state index in [-0.39, 0.29) is 0 Å². The Hall–Kier alpha value is -0.590. The first kappa shape index (κ1) is 14.8. The normalized spacial score (nSPS) is 34.8. The molecular formula is C18H30O. The monoisotopic (exact) mass is 262 g/mol. The Morgan fingerprint density at radius 3 is 2.47 bits per heavy atom. The maximum atomic E-state index is 12.0. The van der Waals surface area contributed by atoms with Crippen molar-refractivity contribution in [2.75, 3.05) is 0 Å². The van der Waals surface area contributed by atoms with E-state index in [1.165, 1.54) is 12.8 Å². The third kappa shape index (κ3) is 3.30. The standard InChI is InChI=1S/C18H30O/c1-12(2)13(3)8-9-14(4)15-10-11-17-16(15)6-5-7-18(17)19/h8-9,12-17H,5-7,10-11H2,1-4H3/b9-8+/t13-,14+,15+,16+,17+/m0/s1. The van der Waals surface area contributed by atoms with Gasteiger partial charge in [-0.05, 0) is 55.3 Å². The zero-order valence-electron chi connectivity index (χ0n) is 13.1. The Kier molecular flexibility index (Phi) is 4.86. The smallest absolute Gasteiger partial charge is 0.136 e. The van der Waals surface area contributed by atoms with Crippen molar-refractivity contribution < 1.29 is 4.79 Å². The van der Waals surface area contributed by atoms with Crippen LogP contribution in [0.2, 0.25) is 0 Å². The summed E-state index contributed by atoms with van der Waals surface area (Å²) >= 11 is 0. The maximum absolute atomic E-state index is 12.0. The van der Waals surface area contributed by atoms with Crippen molar-refractivity contribution in [1.82, 2.24) is 0 Å². The van der Waals surface area contributed by atoms with Crippen LogP contribution in [0.25, 0.3) is 0 Å². The van der Waals surface area contributed by atoms with Crippen molar-refractivity contribution in [3.8, 4) is 0 Å². The summed E-state index contributed by atoms with van der Waals surface area (Å²) in [4.78, 5) is 12.0. The largest absolute Gasteiger partial charge is 0.299 e. The van der Waals surface area contributed by atoms with E-state index in [9.17, 15) is 4.79 Å². The van der Waals surface area contributed by atoms with Crippen LogP contribution in [0, 0.1) is 35.5 Å². The predicted molar refractivity (Wildman–Crippen MR) is 80.9 cm³/mol. The molecule has 0 heterocycles. The second-order valence-corrected chi connectivity index (χ2v) is 7.22. The van der Waals surface area contributed by atoms with Crippen LogP contribution in [0.3, 0.4) is 0 Å². The van der Waals surface area contributed by atoms with Crippen molar-refractivity contribution in [1.29, 1.82) is 0 Å². The number of ketones is 1. The molecule has 0 bridgehead atoms. The van der Waals surface area contributed by atoms with Gasteiger partial charge in [0.2, 0.25) is 0 Å².